The zero-order valence-electron chi connectivity index (χ0n) is 13.4. The Morgan fingerprint density at radius 2 is 2.08 bits per heavy atom. The minimum absolute atomic E-state index is 0.103. The van der Waals surface area contributed by atoms with Gasteiger partial charge in [0.2, 0.25) is 5.91 Å². The fraction of sp³-hybridized carbons (Fsp3) is 0.235. The maximum atomic E-state index is 12.5. The summed E-state index contributed by atoms with van der Waals surface area (Å²) < 4.78 is 6.05. The van der Waals surface area contributed by atoms with Crippen molar-refractivity contribution in [2.24, 2.45) is 0 Å². The first-order valence-corrected chi connectivity index (χ1v) is 8.33. The summed E-state index contributed by atoms with van der Waals surface area (Å²) in [7, 11) is 1.72. The molecule has 24 heavy (non-hydrogen) atoms. The fourth-order valence-electron chi connectivity index (χ4n) is 2.41. The monoisotopic (exact) mass is 343 g/mol. The van der Waals surface area contributed by atoms with Crippen LogP contribution in [0.15, 0.2) is 51.1 Å². The molecule has 124 valence electrons. The first-order valence-electron chi connectivity index (χ1n) is 7.45. The van der Waals surface area contributed by atoms with Crippen LogP contribution >= 0.6 is 11.3 Å². The van der Waals surface area contributed by atoms with Crippen molar-refractivity contribution in [3.05, 3.63) is 62.8 Å². The highest BCUT2D eigenvalue weighted by atomic mass is 32.1. The summed E-state index contributed by atoms with van der Waals surface area (Å²) in [6.07, 6.45) is 0. The van der Waals surface area contributed by atoms with Gasteiger partial charge in [0.15, 0.2) is 5.82 Å². The van der Waals surface area contributed by atoms with Crippen LogP contribution in [0.3, 0.4) is 0 Å². The Balaban J connectivity index is 1.83. The lowest BCUT2D eigenvalue weighted by atomic mass is 10.1. The molecule has 0 aliphatic rings. The van der Waals surface area contributed by atoms with Crippen molar-refractivity contribution in [2.45, 2.75) is 20.0 Å². The highest BCUT2D eigenvalue weighted by Crippen LogP contribution is 2.20. The van der Waals surface area contributed by atoms with Gasteiger partial charge in [-0.1, -0.05) is 35.5 Å². The zero-order chi connectivity index (χ0) is 17.1. The van der Waals surface area contributed by atoms with E-state index >= 15 is 0 Å². The molecule has 3 rings (SSSR count). The molecule has 2 aromatic heterocycles. The van der Waals surface area contributed by atoms with Crippen molar-refractivity contribution in [2.75, 3.05) is 7.05 Å². The lowest BCUT2D eigenvalue weighted by Crippen LogP contribution is -2.32. The smallest absolute Gasteiger partial charge is 0.339 e. The van der Waals surface area contributed by atoms with Crippen molar-refractivity contribution in [3.63, 3.8) is 0 Å². The Morgan fingerprint density at radius 1 is 1.29 bits per heavy atom. The van der Waals surface area contributed by atoms with Gasteiger partial charge in [0.25, 0.3) is 0 Å². The van der Waals surface area contributed by atoms with Crippen LogP contribution in [0.4, 0.5) is 0 Å². The number of benzene rings is 1. The summed E-state index contributed by atoms with van der Waals surface area (Å²) >= 11 is 1.59. The Bertz CT molecular complexity index is 896. The largest absolute Gasteiger partial charge is 0.442 e. The van der Waals surface area contributed by atoms with Gasteiger partial charge in [0.1, 0.15) is 6.54 Å². The third kappa shape index (κ3) is 3.30. The molecule has 0 aliphatic heterocycles. The van der Waals surface area contributed by atoms with Crippen LogP contribution in [0.2, 0.25) is 0 Å². The first kappa shape index (κ1) is 16.2. The molecule has 0 fully saturated rings. The average molecular weight is 343 g/mol. The molecule has 3 aromatic rings. The number of nitrogens with zero attached hydrogens (tertiary/aromatic N) is 3. The molecule has 0 radical (unpaired) electrons. The van der Waals surface area contributed by atoms with Crippen LogP contribution < -0.4 is 5.76 Å². The summed E-state index contributed by atoms with van der Waals surface area (Å²) in [5.41, 5.74) is 1.73. The molecule has 2 heterocycles. The van der Waals surface area contributed by atoms with Crippen LogP contribution in [0, 0.1) is 6.92 Å². The van der Waals surface area contributed by atoms with E-state index in [-0.39, 0.29) is 12.5 Å². The average Bonchev–Trinajstić information content (AvgIpc) is 3.19. The predicted octanol–water partition coefficient (Wildman–Crippen LogP) is 2.53. The number of likely N-dealkylation sites (N-methyl/N-ethyl adjacent to an activating group) is 1. The number of thiophene rings is 1. The number of aryl methyl sites for hydroxylation is 1. The second-order valence-electron chi connectivity index (χ2n) is 5.50. The summed E-state index contributed by atoms with van der Waals surface area (Å²) in [6, 6.07) is 11.4. The number of hydrogen-bond acceptors (Lipinski definition) is 5. The van der Waals surface area contributed by atoms with Crippen molar-refractivity contribution < 1.29 is 9.32 Å². The third-order valence-electron chi connectivity index (χ3n) is 3.76. The molecule has 0 unspecified atom stereocenters. The van der Waals surface area contributed by atoms with Gasteiger partial charge >= 0.3 is 5.76 Å². The summed E-state index contributed by atoms with van der Waals surface area (Å²) in [4.78, 5) is 27.1. The molecule has 0 aliphatic carbocycles. The van der Waals surface area contributed by atoms with Gasteiger partial charge < -0.3 is 4.90 Å². The van der Waals surface area contributed by atoms with Crippen LogP contribution in [0.5, 0.6) is 0 Å². The highest BCUT2D eigenvalue weighted by Gasteiger charge is 2.19. The molecular weight excluding hydrogens is 326 g/mol. The van der Waals surface area contributed by atoms with Gasteiger partial charge in [-0.05, 0) is 23.9 Å². The van der Waals surface area contributed by atoms with E-state index in [0.717, 1.165) is 16.0 Å². The lowest BCUT2D eigenvalue weighted by molar-refractivity contribution is -0.131. The summed E-state index contributed by atoms with van der Waals surface area (Å²) in [6.45, 7) is 2.33. The minimum Gasteiger partial charge on any atom is -0.339 e. The van der Waals surface area contributed by atoms with Gasteiger partial charge in [0, 0.05) is 17.5 Å². The molecule has 1 aromatic carbocycles. The zero-order valence-corrected chi connectivity index (χ0v) is 14.2. The van der Waals surface area contributed by atoms with Crippen LogP contribution in [0.1, 0.15) is 10.4 Å². The van der Waals surface area contributed by atoms with E-state index in [1.807, 2.05) is 48.7 Å². The number of carbonyl (C=O) groups is 1. The van der Waals surface area contributed by atoms with E-state index in [4.69, 9.17) is 4.52 Å². The van der Waals surface area contributed by atoms with Gasteiger partial charge in [-0.3, -0.25) is 9.32 Å². The molecule has 0 saturated heterocycles. The van der Waals surface area contributed by atoms with E-state index in [2.05, 4.69) is 5.16 Å². The predicted molar refractivity (Wildman–Crippen MR) is 91.7 cm³/mol. The maximum Gasteiger partial charge on any atom is 0.442 e. The molecule has 1 amide bonds. The topological polar surface area (TPSA) is 68.3 Å². The molecule has 0 spiro atoms. The van der Waals surface area contributed by atoms with Crippen molar-refractivity contribution >= 4 is 17.2 Å². The molecular formula is C17H17N3O3S. The van der Waals surface area contributed by atoms with Gasteiger partial charge in [-0.25, -0.2) is 9.36 Å². The van der Waals surface area contributed by atoms with E-state index < -0.39 is 5.76 Å². The second-order valence-corrected chi connectivity index (χ2v) is 6.53. The van der Waals surface area contributed by atoms with Crippen molar-refractivity contribution in [1.29, 1.82) is 0 Å². The second kappa shape index (κ2) is 6.84. The quantitative estimate of drug-likeness (QED) is 0.714. The van der Waals surface area contributed by atoms with Crippen molar-refractivity contribution in [1.82, 2.24) is 14.6 Å². The number of rotatable bonds is 5. The molecule has 0 bridgehead atoms. The molecule has 6 nitrogen and oxygen atoms in total. The molecule has 0 saturated carbocycles. The number of hydrogen-bond donors (Lipinski definition) is 0. The van der Waals surface area contributed by atoms with Crippen LogP contribution in [-0.2, 0) is 17.9 Å². The first-order chi connectivity index (χ1) is 11.6. The lowest BCUT2D eigenvalue weighted by Gasteiger charge is -2.16. The van der Waals surface area contributed by atoms with Crippen LogP contribution in [-0.4, -0.2) is 27.6 Å². The third-order valence-corrected chi connectivity index (χ3v) is 4.63. The Labute approximate surface area is 142 Å². The van der Waals surface area contributed by atoms with Crippen molar-refractivity contribution in [3.8, 4) is 11.4 Å². The molecule has 0 atom stereocenters. The maximum absolute atomic E-state index is 12.5. The fourth-order valence-corrected chi connectivity index (χ4v) is 3.16. The van der Waals surface area contributed by atoms with Gasteiger partial charge in [0.05, 0.1) is 6.54 Å². The van der Waals surface area contributed by atoms with Gasteiger partial charge in [-0.15, -0.1) is 11.3 Å². The Morgan fingerprint density at radius 3 is 2.79 bits per heavy atom. The standard InChI is InChI=1S/C17H17N3O3S/c1-12-6-3-4-8-14(12)16-18-23-17(22)20(16)11-15(21)19(2)10-13-7-5-9-24-13/h3-9H,10-11H2,1-2H3. The SMILES string of the molecule is Cc1ccccc1-c1noc(=O)n1CC(=O)N(C)Cc1cccs1. The van der Waals surface area contributed by atoms with E-state index in [1.54, 1.807) is 23.3 Å². The summed E-state index contributed by atoms with van der Waals surface area (Å²) in [5.74, 6) is -0.439. The normalized spacial score (nSPS) is 10.8. The number of carbonyl (C=O) groups excluding carboxylic acids is 1. The van der Waals surface area contributed by atoms with E-state index in [1.165, 1.54) is 4.57 Å². The Kier molecular flexibility index (Phi) is 4.61. The van der Waals surface area contributed by atoms with E-state index in [9.17, 15) is 9.59 Å². The number of aromatic nitrogens is 2. The van der Waals surface area contributed by atoms with Crippen LogP contribution in [0.25, 0.3) is 11.4 Å². The molecule has 7 heteroatoms. The highest BCUT2D eigenvalue weighted by molar-refractivity contribution is 7.09. The number of amides is 1. The molecule has 0 N–H and O–H groups in total. The van der Waals surface area contributed by atoms with Gasteiger partial charge in [-0.2, -0.15) is 0 Å². The van der Waals surface area contributed by atoms with E-state index in [0.29, 0.717) is 12.4 Å². The Hall–Kier alpha value is -2.67. The summed E-state index contributed by atoms with van der Waals surface area (Å²) in [5, 5.41) is 5.81. The minimum atomic E-state index is -0.633.